The fourth-order valence-electron chi connectivity index (χ4n) is 3.90. The van der Waals surface area contributed by atoms with Crippen molar-refractivity contribution in [2.45, 2.75) is 57.2 Å². The van der Waals surface area contributed by atoms with Crippen LogP contribution in [0.1, 0.15) is 44.1 Å². The van der Waals surface area contributed by atoms with Gasteiger partial charge in [0, 0.05) is 37.2 Å². The van der Waals surface area contributed by atoms with Crippen molar-refractivity contribution >= 4 is 11.6 Å². The minimum Gasteiger partial charge on any atom is -0.314 e. The van der Waals surface area contributed by atoms with Crippen LogP contribution in [0.3, 0.4) is 0 Å². The zero-order valence-electron chi connectivity index (χ0n) is 14.1. The Morgan fingerprint density at radius 3 is 2.61 bits per heavy atom. The van der Waals surface area contributed by atoms with Gasteiger partial charge in [0.15, 0.2) is 0 Å². The van der Waals surface area contributed by atoms with Gasteiger partial charge in [-0.1, -0.05) is 49.1 Å². The van der Waals surface area contributed by atoms with E-state index in [1.54, 1.807) is 0 Å². The van der Waals surface area contributed by atoms with Gasteiger partial charge in [0.2, 0.25) is 0 Å². The Balaban J connectivity index is 1.60. The van der Waals surface area contributed by atoms with E-state index in [-0.39, 0.29) is 0 Å². The van der Waals surface area contributed by atoms with Crippen molar-refractivity contribution in [1.82, 2.24) is 15.5 Å². The van der Waals surface area contributed by atoms with Gasteiger partial charge in [-0.05, 0) is 37.3 Å². The lowest BCUT2D eigenvalue weighted by molar-refractivity contribution is 0.119. The van der Waals surface area contributed by atoms with E-state index < -0.39 is 0 Å². The second kappa shape index (κ2) is 9.03. The molecule has 128 valence electrons. The second-order valence-electron chi connectivity index (χ2n) is 6.93. The first-order valence-corrected chi connectivity index (χ1v) is 9.65. The van der Waals surface area contributed by atoms with Gasteiger partial charge in [-0.15, -0.1) is 0 Å². The molecule has 1 aliphatic heterocycles. The largest absolute Gasteiger partial charge is 0.314 e. The number of nitrogens with zero attached hydrogens (tertiary/aromatic N) is 1. The van der Waals surface area contributed by atoms with Gasteiger partial charge in [0.25, 0.3) is 0 Å². The van der Waals surface area contributed by atoms with Crippen molar-refractivity contribution < 1.29 is 0 Å². The summed E-state index contributed by atoms with van der Waals surface area (Å²) in [5, 5.41) is 8.34. The molecular formula is C19H30ClN3. The lowest BCUT2D eigenvalue weighted by atomic mass is 9.95. The Morgan fingerprint density at radius 2 is 1.87 bits per heavy atom. The van der Waals surface area contributed by atoms with Gasteiger partial charge < -0.3 is 5.32 Å². The lowest BCUT2D eigenvalue weighted by Crippen LogP contribution is -2.56. The van der Waals surface area contributed by atoms with Gasteiger partial charge in [-0.25, -0.2) is 0 Å². The summed E-state index contributed by atoms with van der Waals surface area (Å²) in [5.74, 6) is 0. The SMILES string of the molecule is Clc1ccccc1CCC(NC1CCCCC1)N1CCNCC1. The molecule has 0 aromatic heterocycles. The van der Waals surface area contributed by atoms with Crippen LogP contribution in [0.2, 0.25) is 5.02 Å². The molecule has 1 aliphatic carbocycles. The summed E-state index contributed by atoms with van der Waals surface area (Å²) in [6, 6.07) is 8.98. The van der Waals surface area contributed by atoms with E-state index in [4.69, 9.17) is 11.6 Å². The molecular weight excluding hydrogens is 306 g/mol. The first-order valence-electron chi connectivity index (χ1n) is 9.27. The number of halogens is 1. The number of nitrogens with one attached hydrogen (secondary N) is 2. The van der Waals surface area contributed by atoms with Gasteiger partial charge in [-0.3, -0.25) is 10.2 Å². The Kier molecular flexibility index (Phi) is 6.76. The van der Waals surface area contributed by atoms with Crippen molar-refractivity contribution in [3.8, 4) is 0 Å². The van der Waals surface area contributed by atoms with Crippen LogP contribution in [0.15, 0.2) is 24.3 Å². The quantitative estimate of drug-likeness (QED) is 0.834. The van der Waals surface area contributed by atoms with Crippen LogP contribution in [0.25, 0.3) is 0 Å². The van der Waals surface area contributed by atoms with Gasteiger partial charge in [0.1, 0.15) is 0 Å². The van der Waals surface area contributed by atoms with E-state index >= 15 is 0 Å². The Hall–Kier alpha value is -0.610. The molecule has 4 heteroatoms. The maximum Gasteiger partial charge on any atom is 0.0603 e. The van der Waals surface area contributed by atoms with E-state index in [1.807, 2.05) is 12.1 Å². The van der Waals surface area contributed by atoms with Crippen molar-refractivity contribution in [3.05, 3.63) is 34.9 Å². The average molecular weight is 336 g/mol. The van der Waals surface area contributed by atoms with Crippen LogP contribution in [0, 0.1) is 0 Å². The molecule has 0 bridgehead atoms. The van der Waals surface area contributed by atoms with Crippen LogP contribution < -0.4 is 10.6 Å². The van der Waals surface area contributed by atoms with E-state index in [2.05, 4.69) is 27.7 Å². The number of aryl methyl sites for hydroxylation is 1. The highest BCUT2D eigenvalue weighted by molar-refractivity contribution is 6.31. The zero-order chi connectivity index (χ0) is 15.9. The number of benzene rings is 1. The third kappa shape index (κ3) is 5.18. The third-order valence-corrected chi connectivity index (χ3v) is 5.64. The topological polar surface area (TPSA) is 27.3 Å². The molecule has 3 rings (SSSR count). The van der Waals surface area contributed by atoms with Crippen molar-refractivity contribution in [1.29, 1.82) is 0 Å². The molecule has 3 nitrogen and oxygen atoms in total. The summed E-state index contributed by atoms with van der Waals surface area (Å²) in [7, 11) is 0. The lowest BCUT2D eigenvalue weighted by Gasteiger charge is -2.38. The van der Waals surface area contributed by atoms with E-state index in [9.17, 15) is 0 Å². The van der Waals surface area contributed by atoms with Crippen molar-refractivity contribution in [2.24, 2.45) is 0 Å². The van der Waals surface area contributed by atoms with Crippen molar-refractivity contribution in [2.75, 3.05) is 26.2 Å². The van der Waals surface area contributed by atoms with E-state index in [1.165, 1.54) is 37.7 Å². The summed E-state index contributed by atoms with van der Waals surface area (Å²) < 4.78 is 0. The molecule has 0 amide bonds. The molecule has 1 aromatic rings. The molecule has 2 N–H and O–H groups in total. The molecule has 1 saturated heterocycles. The summed E-state index contributed by atoms with van der Waals surface area (Å²) >= 11 is 6.34. The number of rotatable bonds is 6. The highest BCUT2D eigenvalue weighted by atomic mass is 35.5. The molecule has 0 spiro atoms. The van der Waals surface area contributed by atoms with Gasteiger partial charge >= 0.3 is 0 Å². The Labute approximate surface area is 145 Å². The first-order chi connectivity index (χ1) is 11.3. The predicted octanol–water partition coefficient (Wildman–Crippen LogP) is 3.43. The summed E-state index contributed by atoms with van der Waals surface area (Å²) in [6.07, 6.45) is 9.54. The summed E-state index contributed by atoms with van der Waals surface area (Å²) in [6.45, 7) is 4.50. The highest BCUT2D eigenvalue weighted by Crippen LogP contribution is 2.21. The summed E-state index contributed by atoms with van der Waals surface area (Å²) in [4.78, 5) is 2.63. The molecule has 2 fully saturated rings. The summed E-state index contributed by atoms with van der Waals surface area (Å²) in [5.41, 5.74) is 1.28. The Morgan fingerprint density at radius 1 is 1.13 bits per heavy atom. The van der Waals surface area contributed by atoms with Crippen LogP contribution in [-0.2, 0) is 6.42 Å². The highest BCUT2D eigenvalue weighted by Gasteiger charge is 2.24. The molecule has 1 unspecified atom stereocenters. The fourth-order valence-corrected chi connectivity index (χ4v) is 4.13. The predicted molar refractivity (Wildman–Crippen MR) is 98.0 cm³/mol. The van der Waals surface area contributed by atoms with Crippen LogP contribution in [0.4, 0.5) is 0 Å². The number of hydrogen-bond donors (Lipinski definition) is 2. The van der Waals surface area contributed by atoms with E-state index in [0.717, 1.165) is 44.0 Å². The molecule has 1 aromatic carbocycles. The molecule has 23 heavy (non-hydrogen) atoms. The zero-order valence-corrected chi connectivity index (χ0v) is 14.8. The minimum absolute atomic E-state index is 0.483. The Bertz CT molecular complexity index is 467. The van der Waals surface area contributed by atoms with Crippen LogP contribution in [-0.4, -0.2) is 43.3 Å². The second-order valence-corrected chi connectivity index (χ2v) is 7.34. The van der Waals surface area contributed by atoms with Gasteiger partial charge in [0.05, 0.1) is 6.17 Å². The molecule has 2 aliphatic rings. The maximum atomic E-state index is 6.34. The maximum absolute atomic E-state index is 6.34. The molecule has 0 radical (unpaired) electrons. The minimum atomic E-state index is 0.483. The average Bonchev–Trinajstić information content (AvgIpc) is 2.61. The van der Waals surface area contributed by atoms with Crippen molar-refractivity contribution in [3.63, 3.8) is 0 Å². The third-order valence-electron chi connectivity index (χ3n) is 5.27. The smallest absolute Gasteiger partial charge is 0.0603 e. The van der Waals surface area contributed by atoms with E-state index in [0.29, 0.717) is 12.2 Å². The molecule has 1 heterocycles. The first kappa shape index (κ1) is 17.2. The molecule has 1 saturated carbocycles. The van der Waals surface area contributed by atoms with Gasteiger partial charge in [-0.2, -0.15) is 0 Å². The monoisotopic (exact) mass is 335 g/mol. The number of piperazine rings is 1. The van der Waals surface area contributed by atoms with Crippen LogP contribution in [0.5, 0.6) is 0 Å². The normalized spacial score (nSPS) is 22.1. The fraction of sp³-hybridized carbons (Fsp3) is 0.684. The molecule has 1 atom stereocenters. The van der Waals surface area contributed by atoms with Crippen LogP contribution >= 0.6 is 11.6 Å². The standard InChI is InChI=1S/C19H30ClN3/c20-18-9-5-4-6-16(18)10-11-19(23-14-12-21-13-15-23)22-17-7-2-1-3-8-17/h4-6,9,17,19,21-22H,1-3,7-8,10-15H2. The number of hydrogen-bond acceptors (Lipinski definition) is 3.